The molecule has 0 amide bonds. The smallest absolute Gasteiger partial charge is 0.175 e. The molecule has 0 unspecified atom stereocenters. The number of hydrogen-bond donors (Lipinski definition) is 2. The molecule has 2 N–H and O–H groups in total. The average Bonchev–Trinajstić information content (AvgIpc) is 2.93. The average molecular weight is 432 g/mol. The van der Waals surface area contributed by atoms with Gasteiger partial charge in [-0.15, -0.1) is 10.2 Å². The first-order chi connectivity index (χ1) is 13.6. The molecule has 2 aromatic carbocycles. The summed E-state index contributed by atoms with van der Waals surface area (Å²) in [6.07, 6.45) is 4.60. The lowest BCUT2D eigenvalue weighted by Gasteiger charge is -2.12. The molecule has 0 spiro atoms. The highest BCUT2D eigenvalue weighted by Crippen LogP contribution is 2.26. The highest BCUT2D eigenvalue weighted by molar-refractivity contribution is 7.80. The first kappa shape index (κ1) is 19.2. The van der Waals surface area contributed by atoms with Crippen LogP contribution in [0.25, 0.3) is 11.4 Å². The third-order valence-electron chi connectivity index (χ3n) is 4.69. The molecule has 0 bridgehead atoms. The third-order valence-corrected chi connectivity index (χ3v) is 5.63. The summed E-state index contributed by atoms with van der Waals surface area (Å²) in [7, 11) is 0. The molecule has 0 fully saturated rings. The Morgan fingerprint density at radius 2 is 1.64 bits per heavy atom. The van der Waals surface area contributed by atoms with Crippen molar-refractivity contribution in [2.75, 3.05) is 10.6 Å². The third kappa shape index (κ3) is 4.29. The van der Waals surface area contributed by atoms with E-state index in [0.29, 0.717) is 15.2 Å². The molecule has 28 heavy (non-hydrogen) atoms. The van der Waals surface area contributed by atoms with Gasteiger partial charge in [-0.1, -0.05) is 29.6 Å². The normalized spacial score (nSPS) is 13.5. The highest BCUT2D eigenvalue weighted by Gasteiger charge is 2.15. The number of aryl methyl sites for hydroxylation is 1. The quantitative estimate of drug-likeness (QED) is 0.514. The van der Waals surface area contributed by atoms with E-state index >= 15 is 0 Å². The van der Waals surface area contributed by atoms with Crippen molar-refractivity contribution in [1.29, 1.82) is 0 Å². The van der Waals surface area contributed by atoms with Gasteiger partial charge in [-0.25, -0.2) is 0 Å². The molecule has 2 heterocycles. The lowest BCUT2D eigenvalue weighted by atomic mass is 10.2. The SMILES string of the molecule is S=C(Nc1ccc(-c2nnc3n2CCCCC3)cc1)Nc1ccc(Cl)c(Cl)c1. The predicted molar refractivity (Wildman–Crippen MR) is 119 cm³/mol. The highest BCUT2D eigenvalue weighted by atomic mass is 35.5. The molecule has 0 radical (unpaired) electrons. The molecule has 1 aliphatic rings. The van der Waals surface area contributed by atoms with Crippen LogP contribution in [0, 0.1) is 0 Å². The van der Waals surface area contributed by atoms with Gasteiger partial charge in [0.1, 0.15) is 5.82 Å². The maximum Gasteiger partial charge on any atom is 0.175 e. The fourth-order valence-corrected chi connectivity index (χ4v) is 3.80. The minimum atomic E-state index is 0.475. The van der Waals surface area contributed by atoms with E-state index in [0.717, 1.165) is 41.6 Å². The molecule has 0 saturated carbocycles. The van der Waals surface area contributed by atoms with Crippen molar-refractivity contribution in [3.63, 3.8) is 0 Å². The number of nitrogens with one attached hydrogen (secondary N) is 2. The van der Waals surface area contributed by atoms with Gasteiger partial charge in [-0.3, -0.25) is 0 Å². The fraction of sp³-hybridized carbons (Fsp3) is 0.250. The molecule has 1 aliphatic heterocycles. The largest absolute Gasteiger partial charge is 0.332 e. The second-order valence-corrected chi connectivity index (χ2v) is 7.91. The molecule has 0 aliphatic carbocycles. The number of anilines is 2. The van der Waals surface area contributed by atoms with Crippen molar-refractivity contribution in [3.8, 4) is 11.4 Å². The molecule has 8 heteroatoms. The van der Waals surface area contributed by atoms with Crippen molar-refractivity contribution >= 4 is 51.9 Å². The van der Waals surface area contributed by atoms with Crippen LogP contribution in [0.3, 0.4) is 0 Å². The van der Waals surface area contributed by atoms with Crippen LogP contribution in [0.4, 0.5) is 11.4 Å². The number of rotatable bonds is 3. The Bertz CT molecular complexity index is 1000. The van der Waals surface area contributed by atoms with Gasteiger partial charge in [0.15, 0.2) is 10.9 Å². The number of thiocarbonyl (C=S) groups is 1. The maximum absolute atomic E-state index is 6.04. The topological polar surface area (TPSA) is 54.8 Å². The lowest BCUT2D eigenvalue weighted by molar-refractivity contribution is 0.636. The molecule has 0 saturated heterocycles. The zero-order valence-corrected chi connectivity index (χ0v) is 17.4. The van der Waals surface area contributed by atoms with Gasteiger partial charge in [-0.2, -0.15) is 0 Å². The lowest BCUT2D eigenvalue weighted by Crippen LogP contribution is -2.18. The van der Waals surface area contributed by atoms with Gasteiger partial charge in [0.2, 0.25) is 0 Å². The fourth-order valence-electron chi connectivity index (χ4n) is 3.27. The van der Waals surface area contributed by atoms with E-state index in [-0.39, 0.29) is 0 Å². The van der Waals surface area contributed by atoms with Gasteiger partial charge >= 0.3 is 0 Å². The monoisotopic (exact) mass is 431 g/mol. The summed E-state index contributed by atoms with van der Waals surface area (Å²) in [5, 5.41) is 16.5. The minimum Gasteiger partial charge on any atom is -0.332 e. The summed E-state index contributed by atoms with van der Waals surface area (Å²) in [4.78, 5) is 0. The Morgan fingerprint density at radius 1 is 0.893 bits per heavy atom. The van der Waals surface area contributed by atoms with E-state index in [9.17, 15) is 0 Å². The van der Waals surface area contributed by atoms with Gasteiger partial charge < -0.3 is 15.2 Å². The van der Waals surface area contributed by atoms with Gasteiger partial charge in [0.25, 0.3) is 0 Å². The van der Waals surface area contributed by atoms with Crippen molar-refractivity contribution in [3.05, 3.63) is 58.3 Å². The van der Waals surface area contributed by atoms with Gasteiger partial charge in [0, 0.05) is 29.9 Å². The minimum absolute atomic E-state index is 0.475. The van der Waals surface area contributed by atoms with Crippen LogP contribution in [-0.4, -0.2) is 19.9 Å². The Morgan fingerprint density at radius 3 is 2.43 bits per heavy atom. The zero-order chi connectivity index (χ0) is 19.5. The zero-order valence-electron chi connectivity index (χ0n) is 15.1. The van der Waals surface area contributed by atoms with Crippen LogP contribution in [0.1, 0.15) is 25.1 Å². The summed E-state index contributed by atoms with van der Waals surface area (Å²) < 4.78 is 2.24. The second kappa shape index (κ2) is 8.47. The summed E-state index contributed by atoms with van der Waals surface area (Å²) in [5.74, 6) is 2.02. The van der Waals surface area contributed by atoms with Crippen LogP contribution in [-0.2, 0) is 13.0 Å². The van der Waals surface area contributed by atoms with Crippen molar-refractivity contribution < 1.29 is 0 Å². The summed E-state index contributed by atoms with van der Waals surface area (Å²) >= 11 is 17.4. The van der Waals surface area contributed by atoms with Crippen LogP contribution in [0.2, 0.25) is 10.0 Å². The molecule has 4 rings (SSSR count). The molecule has 3 aromatic rings. The number of aromatic nitrogens is 3. The van der Waals surface area contributed by atoms with E-state index in [2.05, 4.69) is 25.4 Å². The first-order valence-corrected chi connectivity index (χ1v) is 10.3. The second-order valence-electron chi connectivity index (χ2n) is 6.69. The van der Waals surface area contributed by atoms with Crippen molar-refractivity contribution in [2.45, 2.75) is 32.2 Å². The van der Waals surface area contributed by atoms with Crippen molar-refractivity contribution in [2.24, 2.45) is 0 Å². The molecular formula is C20H19Cl2N5S. The summed E-state index contributed by atoms with van der Waals surface area (Å²) in [5.41, 5.74) is 2.71. The van der Waals surface area contributed by atoms with E-state index < -0.39 is 0 Å². The Labute approximate surface area is 179 Å². The Balaban J connectivity index is 1.44. The van der Waals surface area contributed by atoms with Crippen LogP contribution in [0.15, 0.2) is 42.5 Å². The Hall–Kier alpha value is -2.15. The summed E-state index contributed by atoms with van der Waals surface area (Å²) in [6, 6.07) is 13.3. The standard InChI is InChI=1S/C20H19Cl2N5S/c21-16-10-9-15(12-17(16)22)24-20(28)23-14-7-5-13(6-8-14)19-26-25-18-4-2-1-3-11-27(18)19/h5-10,12H,1-4,11H2,(H2,23,24,28). The number of nitrogens with zero attached hydrogens (tertiary/aromatic N) is 3. The summed E-state index contributed by atoms with van der Waals surface area (Å²) in [6.45, 7) is 0.981. The van der Waals surface area contributed by atoms with Crippen molar-refractivity contribution in [1.82, 2.24) is 14.8 Å². The van der Waals surface area contributed by atoms with E-state index in [4.69, 9.17) is 35.4 Å². The first-order valence-electron chi connectivity index (χ1n) is 9.16. The number of halogens is 2. The number of fused-ring (bicyclic) bond motifs is 1. The molecule has 144 valence electrons. The van der Waals surface area contributed by atoms with Crippen LogP contribution in [0.5, 0.6) is 0 Å². The van der Waals surface area contributed by atoms with Crippen LogP contribution < -0.4 is 10.6 Å². The predicted octanol–water partition coefficient (Wildman–Crippen LogP) is 5.79. The van der Waals surface area contributed by atoms with Gasteiger partial charge in [0.05, 0.1) is 10.0 Å². The molecule has 5 nitrogen and oxygen atoms in total. The number of benzene rings is 2. The molecule has 0 atom stereocenters. The van der Waals surface area contributed by atoms with E-state index in [1.165, 1.54) is 19.3 Å². The molecule has 1 aromatic heterocycles. The van der Waals surface area contributed by atoms with Gasteiger partial charge in [-0.05, 0) is 67.5 Å². The van der Waals surface area contributed by atoms with E-state index in [1.54, 1.807) is 12.1 Å². The number of hydrogen-bond acceptors (Lipinski definition) is 3. The van der Waals surface area contributed by atoms with Crippen LogP contribution >= 0.6 is 35.4 Å². The maximum atomic E-state index is 6.04. The van der Waals surface area contributed by atoms with E-state index in [1.807, 2.05) is 30.3 Å². The Kier molecular flexibility index (Phi) is 5.80. The molecular weight excluding hydrogens is 413 g/mol.